The van der Waals surface area contributed by atoms with Crippen molar-refractivity contribution in [3.63, 3.8) is 0 Å². The van der Waals surface area contributed by atoms with Gasteiger partial charge in [0.1, 0.15) is 12.7 Å². The number of hydrogen-bond acceptors (Lipinski definition) is 3. The third-order valence-electron chi connectivity index (χ3n) is 3.42. The molecule has 0 unspecified atom stereocenters. The van der Waals surface area contributed by atoms with Gasteiger partial charge in [-0.1, -0.05) is 60.7 Å². The van der Waals surface area contributed by atoms with E-state index in [1.165, 1.54) is 0 Å². The molecule has 0 saturated carbocycles. The molecule has 0 aliphatic heterocycles. The molecule has 1 heterocycles. The Labute approximate surface area is 129 Å². The van der Waals surface area contributed by atoms with Crippen molar-refractivity contribution in [3.05, 3.63) is 95.7 Å². The zero-order valence-electron chi connectivity index (χ0n) is 12.1. The number of pyridine rings is 1. The number of aliphatic hydroxyl groups is 1. The van der Waals surface area contributed by atoms with E-state index < -0.39 is 6.10 Å². The summed E-state index contributed by atoms with van der Waals surface area (Å²) >= 11 is 0. The van der Waals surface area contributed by atoms with Crippen molar-refractivity contribution < 1.29 is 9.84 Å². The molecule has 22 heavy (non-hydrogen) atoms. The Morgan fingerprint density at radius 3 is 2.14 bits per heavy atom. The second-order valence-electron chi connectivity index (χ2n) is 5.02. The molecule has 0 bridgehead atoms. The van der Waals surface area contributed by atoms with Crippen molar-refractivity contribution in [2.75, 3.05) is 0 Å². The Morgan fingerprint density at radius 1 is 0.818 bits per heavy atom. The van der Waals surface area contributed by atoms with Crippen LogP contribution in [-0.2, 0) is 6.61 Å². The van der Waals surface area contributed by atoms with Crippen molar-refractivity contribution >= 4 is 0 Å². The molecule has 0 spiro atoms. The molecule has 110 valence electrons. The minimum absolute atomic E-state index is 0.481. The largest absolute Gasteiger partial charge is 0.473 e. The lowest BCUT2D eigenvalue weighted by Gasteiger charge is -2.11. The van der Waals surface area contributed by atoms with E-state index in [2.05, 4.69) is 4.98 Å². The monoisotopic (exact) mass is 291 g/mol. The Hall–Kier alpha value is -2.65. The highest BCUT2D eigenvalue weighted by molar-refractivity contribution is 5.29. The zero-order valence-corrected chi connectivity index (χ0v) is 12.1. The van der Waals surface area contributed by atoms with Crippen LogP contribution in [0, 0.1) is 0 Å². The molecule has 0 aliphatic rings. The maximum atomic E-state index is 10.3. The summed E-state index contributed by atoms with van der Waals surface area (Å²) in [6.45, 7) is 0.481. The number of nitrogens with zero attached hydrogens (tertiary/aromatic N) is 1. The third-order valence-corrected chi connectivity index (χ3v) is 3.42. The summed E-state index contributed by atoms with van der Waals surface area (Å²) in [4.78, 5) is 4.26. The van der Waals surface area contributed by atoms with Crippen LogP contribution in [0.25, 0.3) is 0 Å². The summed E-state index contributed by atoms with van der Waals surface area (Å²) in [5.41, 5.74) is 2.69. The van der Waals surface area contributed by atoms with Gasteiger partial charge in [0, 0.05) is 17.8 Å². The summed E-state index contributed by atoms with van der Waals surface area (Å²) in [5.74, 6) is 0.549. The standard InChI is InChI=1S/C19H17NO2/c21-19(16-9-5-2-6-10-16)17-11-12-18(20-13-17)22-14-15-7-3-1-4-8-15/h1-13,19,21H,14H2/t19-/m0/s1. The highest BCUT2D eigenvalue weighted by Gasteiger charge is 2.10. The van der Waals surface area contributed by atoms with Crippen LogP contribution in [0.3, 0.4) is 0 Å². The molecule has 0 fully saturated rings. The van der Waals surface area contributed by atoms with Crippen LogP contribution in [-0.4, -0.2) is 10.1 Å². The van der Waals surface area contributed by atoms with Crippen LogP contribution in [0.4, 0.5) is 0 Å². The smallest absolute Gasteiger partial charge is 0.213 e. The maximum Gasteiger partial charge on any atom is 0.213 e. The van der Waals surface area contributed by atoms with Gasteiger partial charge in [0.15, 0.2) is 0 Å². The number of benzene rings is 2. The van der Waals surface area contributed by atoms with Crippen molar-refractivity contribution in [2.45, 2.75) is 12.7 Å². The first-order valence-electron chi connectivity index (χ1n) is 7.18. The summed E-state index contributed by atoms with van der Waals surface area (Å²) in [6, 6.07) is 23.1. The predicted octanol–water partition coefficient (Wildman–Crippen LogP) is 3.74. The second kappa shape index (κ2) is 6.87. The summed E-state index contributed by atoms with van der Waals surface area (Å²) < 4.78 is 5.64. The molecule has 0 radical (unpaired) electrons. The Kier molecular flexibility index (Phi) is 4.47. The number of aliphatic hydroxyl groups excluding tert-OH is 1. The highest BCUT2D eigenvalue weighted by atomic mass is 16.5. The normalized spacial score (nSPS) is 11.9. The van der Waals surface area contributed by atoms with Crippen LogP contribution in [0.15, 0.2) is 79.0 Å². The number of hydrogen-bond donors (Lipinski definition) is 1. The van der Waals surface area contributed by atoms with Crippen molar-refractivity contribution in [1.82, 2.24) is 4.98 Å². The first kappa shape index (κ1) is 14.3. The second-order valence-corrected chi connectivity index (χ2v) is 5.02. The van der Waals surface area contributed by atoms with E-state index in [-0.39, 0.29) is 0 Å². The van der Waals surface area contributed by atoms with E-state index in [9.17, 15) is 5.11 Å². The van der Waals surface area contributed by atoms with Crippen molar-refractivity contribution in [1.29, 1.82) is 0 Å². The fourth-order valence-electron chi connectivity index (χ4n) is 2.20. The van der Waals surface area contributed by atoms with Gasteiger partial charge >= 0.3 is 0 Å². The predicted molar refractivity (Wildman–Crippen MR) is 85.5 cm³/mol. The van der Waals surface area contributed by atoms with Crippen LogP contribution in [0.1, 0.15) is 22.8 Å². The lowest BCUT2D eigenvalue weighted by atomic mass is 10.0. The van der Waals surface area contributed by atoms with Crippen LogP contribution in [0.5, 0.6) is 5.88 Å². The summed E-state index contributed by atoms with van der Waals surface area (Å²) in [5, 5.41) is 10.3. The zero-order chi connectivity index (χ0) is 15.2. The number of ether oxygens (including phenoxy) is 1. The Morgan fingerprint density at radius 2 is 1.50 bits per heavy atom. The molecule has 0 saturated heterocycles. The molecule has 2 aromatic carbocycles. The van der Waals surface area contributed by atoms with E-state index in [4.69, 9.17) is 4.74 Å². The molecule has 0 aliphatic carbocycles. The lowest BCUT2D eigenvalue weighted by Crippen LogP contribution is -2.01. The van der Waals surface area contributed by atoms with Gasteiger partial charge in [-0.05, 0) is 17.2 Å². The Bertz CT molecular complexity index is 697. The fraction of sp³-hybridized carbons (Fsp3) is 0.105. The van der Waals surface area contributed by atoms with E-state index in [1.54, 1.807) is 12.3 Å². The van der Waals surface area contributed by atoms with Gasteiger partial charge in [-0.15, -0.1) is 0 Å². The SMILES string of the molecule is O[C@@H](c1ccccc1)c1ccc(OCc2ccccc2)nc1. The molecule has 3 nitrogen and oxygen atoms in total. The van der Waals surface area contributed by atoms with E-state index in [0.717, 1.165) is 16.7 Å². The average Bonchev–Trinajstić information content (AvgIpc) is 2.61. The molecule has 1 N–H and O–H groups in total. The molecule has 1 aromatic heterocycles. The van der Waals surface area contributed by atoms with Crippen LogP contribution < -0.4 is 4.74 Å². The molecular formula is C19H17NO2. The third kappa shape index (κ3) is 3.51. The molecule has 3 rings (SSSR count). The number of aromatic nitrogens is 1. The van der Waals surface area contributed by atoms with Gasteiger partial charge in [0.2, 0.25) is 5.88 Å². The molecule has 3 aromatic rings. The molecule has 1 atom stereocenters. The van der Waals surface area contributed by atoms with Gasteiger partial charge < -0.3 is 9.84 Å². The first-order chi connectivity index (χ1) is 10.8. The lowest BCUT2D eigenvalue weighted by molar-refractivity contribution is 0.219. The molecular weight excluding hydrogens is 274 g/mol. The van der Waals surface area contributed by atoms with Crippen LogP contribution in [0.2, 0.25) is 0 Å². The minimum Gasteiger partial charge on any atom is -0.473 e. The van der Waals surface area contributed by atoms with E-state index in [0.29, 0.717) is 12.5 Å². The summed E-state index contributed by atoms with van der Waals surface area (Å²) in [7, 11) is 0. The minimum atomic E-state index is -0.670. The van der Waals surface area contributed by atoms with Gasteiger partial charge in [-0.2, -0.15) is 0 Å². The van der Waals surface area contributed by atoms with Gasteiger partial charge in [-0.25, -0.2) is 4.98 Å². The van der Waals surface area contributed by atoms with E-state index in [1.807, 2.05) is 66.7 Å². The van der Waals surface area contributed by atoms with Crippen molar-refractivity contribution in [3.8, 4) is 5.88 Å². The quantitative estimate of drug-likeness (QED) is 0.778. The number of rotatable bonds is 5. The Balaban J connectivity index is 1.65. The maximum absolute atomic E-state index is 10.3. The van der Waals surface area contributed by atoms with E-state index >= 15 is 0 Å². The first-order valence-corrected chi connectivity index (χ1v) is 7.18. The molecule has 0 amide bonds. The van der Waals surface area contributed by atoms with Crippen LogP contribution >= 0.6 is 0 Å². The fourth-order valence-corrected chi connectivity index (χ4v) is 2.20. The average molecular weight is 291 g/mol. The summed E-state index contributed by atoms with van der Waals surface area (Å²) in [6.07, 6.45) is 0.981. The van der Waals surface area contributed by atoms with Crippen molar-refractivity contribution in [2.24, 2.45) is 0 Å². The van der Waals surface area contributed by atoms with Gasteiger partial charge in [0.05, 0.1) is 0 Å². The van der Waals surface area contributed by atoms with Gasteiger partial charge in [0.25, 0.3) is 0 Å². The molecule has 3 heteroatoms. The highest BCUT2D eigenvalue weighted by Crippen LogP contribution is 2.22. The topological polar surface area (TPSA) is 42.4 Å². The van der Waals surface area contributed by atoms with Gasteiger partial charge in [-0.3, -0.25) is 0 Å².